The van der Waals surface area contributed by atoms with Crippen LogP contribution in [0.3, 0.4) is 0 Å². The molecule has 2 aliphatic rings. The topological polar surface area (TPSA) is 151 Å². The van der Waals surface area contributed by atoms with Gasteiger partial charge in [0.25, 0.3) is 0 Å². The van der Waals surface area contributed by atoms with Gasteiger partial charge in [-0.1, -0.05) is 0 Å². The van der Waals surface area contributed by atoms with Gasteiger partial charge in [-0.3, -0.25) is 4.79 Å². The van der Waals surface area contributed by atoms with Crippen LogP contribution in [0.1, 0.15) is 33.6 Å². The van der Waals surface area contributed by atoms with Crippen LogP contribution in [0.5, 0.6) is 0 Å². The number of rotatable bonds is 2. The first kappa shape index (κ1) is 33.7. The summed E-state index contributed by atoms with van der Waals surface area (Å²) < 4.78 is 43.0. The molecule has 14 heteroatoms. The predicted molar refractivity (Wildman–Crippen MR) is 86.2 cm³/mol. The fourth-order valence-corrected chi connectivity index (χ4v) is 3.06. The Hall–Kier alpha value is -0.885. The molecular formula is C16H25F3Li2N2O7. The van der Waals surface area contributed by atoms with Gasteiger partial charge in [0.05, 0.1) is 17.3 Å². The molecule has 0 saturated carbocycles. The molecule has 2 heterocycles. The van der Waals surface area contributed by atoms with Gasteiger partial charge in [-0.25, -0.2) is 4.79 Å². The number of hydrogen-bond acceptors (Lipinski definition) is 6. The van der Waals surface area contributed by atoms with Crippen LogP contribution in [0, 0.1) is 11.3 Å². The first-order valence-corrected chi connectivity index (χ1v) is 8.32. The van der Waals surface area contributed by atoms with Gasteiger partial charge in [-0.05, 0) is 33.6 Å². The molecule has 0 aromatic carbocycles. The molecule has 0 radical (unpaired) electrons. The minimum Gasteiger partial charge on any atom is -0.870 e. The summed E-state index contributed by atoms with van der Waals surface area (Å²) in [6, 6.07) is 0. The Morgan fingerprint density at radius 3 is 1.77 bits per heavy atom. The molecule has 164 valence electrons. The zero-order valence-corrected chi connectivity index (χ0v) is 17.8. The number of piperidine rings is 1. The van der Waals surface area contributed by atoms with Crippen LogP contribution in [0.25, 0.3) is 0 Å². The maximum absolute atomic E-state index is 12.6. The predicted octanol–water partition coefficient (Wildman–Crippen LogP) is -6.22. The average Bonchev–Trinajstić information content (AvgIpc) is 2.41. The summed E-state index contributed by atoms with van der Waals surface area (Å²) in [5.41, 5.74) is -2.63. The number of carbonyl (C=O) groups excluding carboxylic acids is 3. The Labute approximate surface area is 196 Å². The van der Waals surface area contributed by atoms with E-state index in [0.29, 0.717) is 0 Å². The minimum atomic E-state index is -4.41. The average molecular weight is 428 g/mol. The van der Waals surface area contributed by atoms with Crippen LogP contribution in [-0.4, -0.2) is 76.7 Å². The van der Waals surface area contributed by atoms with Crippen LogP contribution in [0.2, 0.25) is 0 Å². The third kappa shape index (κ3) is 7.36. The van der Waals surface area contributed by atoms with Crippen molar-refractivity contribution in [1.82, 2.24) is 9.80 Å². The van der Waals surface area contributed by atoms with Crippen molar-refractivity contribution in [3.05, 3.63) is 0 Å². The van der Waals surface area contributed by atoms with Crippen molar-refractivity contribution in [3.8, 4) is 0 Å². The number of amides is 2. The van der Waals surface area contributed by atoms with Crippen molar-refractivity contribution < 1.29 is 86.1 Å². The van der Waals surface area contributed by atoms with Crippen molar-refractivity contribution in [3.63, 3.8) is 0 Å². The second-order valence-corrected chi connectivity index (χ2v) is 7.79. The summed E-state index contributed by atoms with van der Waals surface area (Å²) in [5.74, 6) is -4.13. The Morgan fingerprint density at radius 2 is 1.43 bits per heavy atom. The van der Waals surface area contributed by atoms with E-state index in [-0.39, 0.29) is 74.6 Å². The van der Waals surface area contributed by atoms with Gasteiger partial charge < -0.3 is 35.4 Å². The van der Waals surface area contributed by atoms with Crippen LogP contribution < -0.4 is 42.8 Å². The summed E-state index contributed by atoms with van der Waals surface area (Å²) >= 11 is 0. The molecule has 2 fully saturated rings. The van der Waals surface area contributed by atoms with E-state index in [4.69, 9.17) is 4.74 Å². The van der Waals surface area contributed by atoms with Crippen molar-refractivity contribution in [2.75, 3.05) is 26.2 Å². The summed E-state index contributed by atoms with van der Waals surface area (Å²) in [6.45, 7) is 3.86. The van der Waals surface area contributed by atoms with Gasteiger partial charge >= 0.3 is 50.0 Å². The number of nitrogens with zero attached hydrogens (tertiary/aromatic N) is 2. The number of hydrogen-bond donors (Lipinski definition) is 0. The van der Waals surface area contributed by atoms with E-state index < -0.39 is 54.2 Å². The van der Waals surface area contributed by atoms with E-state index in [1.54, 1.807) is 20.8 Å². The zero-order valence-electron chi connectivity index (χ0n) is 17.8. The fourth-order valence-electron chi connectivity index (χ4n) is 3.06. The molecule has 0 atom stereocenters. The molecule has 0 aromatic heterocycles. The van der Waals surface area contributed by atoms with Crippen LogP contribution in [0.4, 0.5) is 18.0 Å². The number of likely N-dealkylation sites (tertiary alicyclic amines) is 2. The summed E-state index contributed by atoms with van der Waals surface area (Å²) in [6.07, 6.45) is -5.48. The van der Waals surface area contributed by atoms with E-state index >= 15 is 0 Å². The second kappa shape index (κ2) is 11.7. The minimum absolute atomic E-state index is 0. The molecule has 3 N–H and O–H groups in total. The number of alkyl halides is 3. The third-order valence-corrected chi connectivity index (χ3v) is 4.70. The third-order valence-electron chi connectivity index (χ3n) is 4.70. The monoisotopic (exact) mass is 428 g/mol. The SMILES string of the molecule is CC(C)(C)OC(=O)N1CCC(C(=O)[O-])(C(=O)N2CC(C(F)(F)F)C2)CC1.O.[Li+].[Li+].[OH-]. The van der Waals surface area contributed by atoms with Crippen molar-refractivity contribution in [2.45, 2.75) is 45.4 Å². The Balaban J connectivity index is -0.00000182. The van der Waals surface area contributed by atoms with Crippen molar-refractivity contribution in [1.29, 1.82) is 0 Å². The maximum Gasteiger partial charge on any atom is 1.00 e. The first-order valence-electron chi connectivity index (χ1n) is 8.32. The van der Waals surface area contributed by atoms with Crippen molar-refractivity contribution in [2.24, 2.45) is 11.3 Å². The first-order chi connectivity index (χ1) is 11.8. The molecule has 0 aromatic rings. The number of ether oxygens (including phenoxy) is 1. The van der Waals surface area contributed by atoms with Gasteiger partial charge in [0.1, 0.15) is 5.60 Å². The molecule has 2 aliphatic heterocycles. The number of aliphatic carboxylic acids is 1. The quantitative estimate of drug-likeness (QED) is 0.315. The number of carbonyl (C=O) groups is 3. The molecule has 30 heavy (non-hydrogen) atoms. The van der Waals surface area contributed by atoms with Gasteiger partial charge in [0.2, 0.25) is 5.91 Å². The molecule has 0 bridgehead atoms. The Morgan fingerprint density at radius 1 is 1.00 bits per heavy atom. The van der Waals surface area contributed by atoms with Gasteiger partial charge in [0, 0.05) is 26.2 Å². The normalized spacial score (nSPS) is 18.3. The standard InChI is InChI=1S/C16H23F3N2O5.2Li.2H2O/c1-14(2,3)26-13(25)20-6-4-15(5-7-20,12(23)24)11(22)21-8-10(9-21)16(17,18)19;;;;/h10H,4-9H2,1-3H3,(H,23,24);;;2*1H2/q;2*+1;;/p-2. The van der Waals surface area contributed by atoms with E-state index in [9.17, 15) is 32.7 Å². The molecule has 0 aliphatic carbocycles. The molecular weight excluding hydrogens is 403 g/mol. The maximum atomic E-state index is 12.6. The largest absolute Gasteiger partial charge is 1.00 e. The molecule has 9 nitrogen and oxygen atoms in total. The van der Waals surface area contributed by atoms with Crippen LogP contribution >= 0.6 is 0 Å². The molecule has 2 rings (SSSR count). The van der Waals surface area contributed by atoms with Crippen LogP contribution in [0.15, 0.2) is 0 Å². The summed E-state index contributed by atoms with van der Waals surface area (Å²) in [5, 5.41) is 11.6. The molecule has 0 unspecified atom stereocenters. The fraction of sp³-hybridized carbons (Fsp3) is 0.812. The number of halogens is 3. The number of carboxylic acid groups (broad SMARTS) is 1. The zero-order chi connectivity index (χ0) is 19.9. The van der Waals surface area contributed by atoms with E-state index in [0.717, 1.165) is 4.90 Å². The Kier molecular flexibility index (Phi) is 13.1. The van der Waals surface area contributed by atoms with E-state index in [1.165, 1.54) is 4.90 Å². The van der Waals surface area contributed by atoms with Gasteiger partial charge in [-0.2, -0.15) is 13.2 Å². The molecule has 2 amide bonds. The summed E-state index contributed by atoms with van der Waals surface area (Å²) in [4.78, 5) is 38.4. The van der Waals surface area contributed by atoms with Crippen molar-refractivity contribution >= 4 is 18.0 Å². The molecule has 2 saturated heterocycles. The van der Waals surface area contributed by atoms with Gasteiger partial charge in [0.15, 0.2) is 0 Å². The van der Waals surface area contributed by atoms with E-state index in [2.05, 4.69) is 0 Å². The molecule has 0 spiro atoms. The van der Waals surface area contributed by atoms with Crippen LogP contribution in [-0.2, 0) is 14.3 Å². The summed E-state index contributed by atoms with van der Waals surface area (Å²) in [7, 11) is 0. The van der Waals surface area contributed by atoms with E-state index in [1.807, 2.05) is 0 Å². The second-order valence-electron chi connectivity index (χ2n) is 7.79. The Bertz CT molecular complexity index is 601. The smallest absolute Gasteiger partial charge is 0.870 e. The number of carboxylic acids is 1. The van der Waals surface area contributed by atoms with Gasteiger partial charge in [-0.15, -0.1) is 0 Å².